The summed E-state index contributed by atoms with van der Waals surface area (Å²) in [6, 6.07) is 0.329. The van der Waals surface area contributed by atoms with Crippen LogP contribution in [0.3, 0.4) is 0 Å². The Balaban J connectivity index is 1.97. The molecular weight excluding hydrogens is 216 g/mol. The van der Waals surface area contributed by atoms with Crippen molar-refractivity contribution in [3.8, 4) is 0 Å². The van der Waals surface area contributed by atoms with E-state index in [1.165, 1.54) is 6.33 Å². The summed E-state index contributed by atoms with van der Waals surface area (Å²) in [6.45, 7) is 0.248. The standard InChI is InChI=1S/C9H13ClN4O/c10-8-7(11)9(13-4-12-8)14-6-1-5(2-6)3-15/h4-6,15H,1-3,11H2,(H,12,13,14). The maximum Gasteiger partial charge on any atom is 0.157 e. The SMILES string of the molecule is Nc1c(Cl)ncnc1NC1CC(CO)C1. The number of rotatable bonds is 3. The van der Waals surface area contributed by atoms with Crippen molar-refractivity contribution in [2.45, 2.75) is 18.9 Å². The van der Waals surface area contributed by atoms with Crippen molar-refractivity contribution in [1.29, 1.82) is 0 Å². The Morgan fingerprint density at radius 2 is 2.27 bits per heavy atom. The molecule has 0 radical (unpaired) electrons. The first-order chi connectivity index (χ1) is 7.20. The first kappa shape index (κ1) is 10.4. The number of hydrogen-bond donors (Lipinski definition) is 3. The van der Waals surface area contributed by atoms with Crippen LogP contribution >= 0.6 is 11.6 Å². The second-order valence-corrected chi connectivity index (χ2v) is 4.15. The third-order valence-electron chi connectivity index (χ3n) is 2.67. The first-order valence-corrected chi connectivity index (χ1v) is 5.22. The summed E-state index contributed by atoms with van der Waals surface area (Å²) < 4.78 is 0. The smallest absolute Gasteiger partial charge is 0.157 e. The van der Waals surface area contributed by atoms with Gasteiger partial charge in [-0.2, -0.15) is 0 Å². The molecule has 2 rings (SSSR count). The topological polar surface area (TPSA) is 84.1 Å². The van der Waals surface area contributed by atoms with Crippen molar-refractivity contribution in [3.63, 3.8) is 0 Å². The summed E-state index contributed by atoms with van der Waals surface area (Å²) in [5, 5.41) is 12.3. The molecule has 1 aliphatic rings. The predicted molar refractivity (Wildman–Crippen MR) is 58.7 cm³/mol. The fourth-order valence-corrected chi connectivity index (χ4v) is 1.82. The molecule has 1 fully saturated rings. The van der Waals surface area contributed by atoms with Crippen molar-refractivity contribution >= 4 is 23.1 Å². The number of aliphatic hydroxyl groups is 1. The lowest BCUT2D eigenvalue weighted by Crippen LogP contribution is -2.37. The average molecular weight is 229 g/mol. The molecule has 5 nitrogen and oxygen atoms in total. The molecule has 15 heavy (non-hydrogen) atoms. The quantitative estimate of drug-likeness (QED) is 0.670. The Bertz CT molecular complexity index is 354. The molecule has 0 aliphatic heterocycles. The number of hydrogen-bond acceptors (Lipinski definition) is 5. The zero-order valence-corrected chi connectivity index (χ0v) is 8.91. The monoisotopic (exact) mass is 228 g/mol. The Labute approximate surface area is 92.7 Å². The van der Waals surface area contributed by atoms with Gasteiger partial charge in [0.05, 0.1) is 0 Å². The van der Waals surface area contributed by atoms with Crippen molar-refractivity contribution in [2.75, 3.05) is 17.7 Å². The normalized spacial score (nSPS) is 24.7. The van der Waals surface area contributed by atoms with Crippen molar-refractivity contribution in [2.24, 2.45) is 5.92 Å². The summed E-state index contributed by atoms with van der Waals surface area (Å²) in [7, 11) is 0. The fraction of sp³-hybridized carbons (Fsp3) is 0.556. The lowest BCUT2D eigenvalue weighted by Gasteiger charge is -2.35. The number of nitrogen functional groups attached to an aromatic ring is 1. The zero-order chi connectivity index (χ0) is 10.8. The summed E-state index contributed by atoms with van der Waals surface area (Å²) in [6.07, 6.45) is 3.26. The highest BCUT2D eigenvalue weighted by molar-refractivity contribution is 6.32. The Morgan fingerprint density at radius 3 is 2.93 bits per heavy atom. The Hall–Kier alpha value is -1.07. The average Bonchev–Trinajstić information content (AvgIpc) is 2.17. The second kappa shape index (κ2) is 4.20. The van der Waals surface area contributed by atoms with E-state index in [1.54, 1.807) is 0 Å². The largest absolute Gasteiger partial charge is 0.396 e. The molecule has 1 aromatic rings. The van der Waals surface area contributed by atoms with Gasteiger partial charge in [-0.15, -0.1) is 0 Å². The van der Waals surface area contributed by atoms with Crippen molar-refractivity contribution in [3.05, 3.63) is 11.5 Å². The number of halogens is 1. The lowest BCUT2D eigenvalue weighted by molar-refractivity contribution is 0.151. The minimum Gasteiger partial charge on any atom is -0.396 e. The highest BCUT2D eigenvalue weighted by Gasteiger charge is 2.29. The van der Waals surface area contributed by atoms with Crippen LogP contribution in [0.2, 0.25) is 5.15 Å². The zero-order valence-electron chi connectivity index (χ0n) is 8.15. The number of nitrogens with one attached hydrogen (secondary N) is 1. The van der Waals surface area contributed by atoms with Gasteiger partial charge in [0.2, 0.25) is 0 Å². The van der Waals surface area contributed by atoms with Crippen molar-refractivity contribution < 1.29 is 5.11 Å². The van der Waals surface area contributed by atoms with E-state index in [-0.39, 0.29) is 11.8 Å². The van der Waals surface area contributed by atoms with Crippen LogP contribution in [0.15, 0.2) is 6.33 Å². The van der Waals surface area contributed by atoms with E-state index in [1.807, 2.05) is 0 Å². The molecule has 0 unspecified atom stereocenters. The van der Waals surface area contributed by atoms with E-state index in [2.05, 4.69) is 15.3 Å². The van der Waals surface area contributed by atoms with Crippen LogP contribution in [0.1, 0.15) is 12.8 Å². The molecule has 0 amide bonds. The fourth-order valence-electron chi connectivity index (χ4n) is 1.69. The van der Waals surface area contributed by atoms with Gasteiger partial charge >= 0.3 is 0 Å². The molecule has 1 saturated carbocycles. The second-order valence-electron chi connectivity index (χ2n) is 3.79. The van der Waals surface area contributed by atoms with Crippen LogP contribution in [0.25, 0.3) is 0 Å². The van der Waals surface area contributed by atoms with Gasteiger partial charge in [-0.3, -0.25) is 0 Å². The Kier molecular flexibility index (Phi) is 2.93. The maximum atomic E-state index is 8.87. The van der Waals surface area contributed by atoms with Crippen LogP contribution in [-0.4, -0.2) is 27.7 Å². The van der Waals surface area contributed by atoms with Crippen LogP contribution in [0, 0.1) is 5.92 Å². The van der Waals surface area contributed by atoms with Gasteiger partial charge in [-0.25, -0.2) is 9.97 Å². The van der Waals surface area contributed by atoms with Crippen molar-refractivity contribution in [1.82, 2.24) is 9.97 Å². The maximum absolute atomic E-state index is 8.87. The van der Waals surface area contributed by atoms with Gasteiger partial charge in [0, 0.05) is 12.6 Å². The molecule has 0 atom stereocenters. The minimum atomic E-state index is 0.248. The molecule has 0 bridgehead atoms. The highest BCUT2D eigenvalue weighted by Crippen LogP contribution is 2.31. The number of aromatic nitrogens is 2. The molecule has 1 aromatic heterocycles. The molecule has 6 heteroatoms. The Morgan fingerprint density at radius 1 is 1.53 bits per heavy atom. The van der Waals surface area contributed by atoms with E-state index >= 15 is 0 Å². The lowest BCUT2D eigenvalue weighted by atomic mass is 9.81. The molecule has 82 valence electrons. The van der Waals surface area contributed by atoms with Gasteiger partial charge in [-0.05, 0) is 18.8 Å². The molecule has 0 aromatic carbocycles. The molecule has 1 aliphatic carbocycles. The summed E-state index contributed by atoms with van der Waals surface area (Å²) >= 11 is 5.76. The number of nitrogens with two attached hydrogens (primary N) is 1. The minimum absolute atomic E-state index is 0.248. The van der Waals surface area contributed by atoms with Gasteiger partial charge in [0.15, 0.2) is 11.0 Å². The summed E-state index contributed by atoms with van der Waals surface area (Å²) in [5.41, 5.74) is 6.09. The molecule has 1 heterocycles. The predicted octanol–water partition coefficient (Wildman–Crippen LogP) is 0.895. The summed E-state index contributed by atoms with van der Waals surface area (Å²) in [5.74, 6) is 0.984. The molecule has 0 spiro atoms. The van der Waals surface area contributed by atoms with Gasteiger partial charge in [0.25, 0.3) is 0 Å². The van der Waals surface area contributed by atoms with Gasteiger partial charge in [-0.1, -0.05) is 11.6 Å². The van der Waals surface area contributed by atoms with Crippen LogP contribution in [0.4, 0.5) is 11.5 Å². The van der Waals surface area contributed by atoms with E-state index in [0.717, 1.165) is 12.8 Å². The third kappa shape index (κ3) is 2.13. The summed E-state index contributed by atoms with van der Waals surface area (Å²) in [4.78, 5) is 7.79. The number of nitrogens with zero attached hydrogens (tertiary/aromatic N) is 2. The van der Waals surface area contributed by atoms with Gasteiger partial charge in [0.1, 0.15) is 12.0 Å². The van der Waals surface area contributed by atoms with E-state index in [9.17, 15) is 0 Å². The van der Waals surface area contributed by atoms with E-state index in [0.29, 0.717) is 23.5 Å². The molecule has 4 N–H and O–H groups in total. The number of aliphatic hydroxyl groups excluding tert-OH is 1. The highest BCUT2D eigenvalue weighted by atomic mass is 35.5. The van der Waals surface area contributed by atoms with Crippen LogP contribution in [-0.2, 0) is 0 Å². The molecular formula is C9H13ClN4O. The third-order valence-corrected chi connectivity index (χ3v) is 2.97. The first-order valence-electron chi connectivity index (χ1n) is 4.84. The van der Waals surface area contributed by atoms with Gasteiger partial charge < -0.3 is 16.2 Å². The van der Waals surface area contributed by atoms with Crippen LogP contribution < -0.4 is 11.1 Å². The molecule has 0 saturated heterocycles. The van der Waals surface area contributed by atoms with E-state index < -0.39 is 0 Å². The van der Waals surface area contributed by atoms with E-state index in [4.69, 9.17) is 22.4 Å². The number of anilines is 2. The van der Waals surface area contributed by atoms with Crippen LogP contribution in [0.5, 0.6) is 0 Å².